The average molecular weight is 285 g/mol. The third kappa shape index (κ3) is 3.86. The number of aliphatic hydroxyl groups excluding tert-OH is 1. The molecule has 21 heavy (non-hydrogen) atoms. The second-order valence-electron chi connectivity index (χ2n) is 4.86. The highest BCUT2D eigenvalue weighted by Crippen LogP contribution is 2.16. The lowest BCUT2D eigenvalue weighted by Gasteiger charge is -2.23. The van der Waals surface area contributed by atoms with Crippen LogP contribution in [0.3, 0.4) is 0 Å². The van der Waals surface area contributed by atoms with Crippen LogP contribution >= 0.6 is 0 Å². The lowest BCUT2D eigenvalue weighted by atomic mass is 10.1. The summed E-state index contributed by atoms with van der Waals surface area (Å²) in [6, 6.07) is 7.64. The molecular formula is C16H19N3O2. The van der Waals surface area contributed by atoms with Crippen molar-refractivity contribution in [3.05, 3.63) is 59.7 Å². The van der Waals surface area contributed by atoms with Gasteiger partial charge in [0.25, 0.3) is 5.91 Å². The molecule has 5 nitrogen and oxygen atoms in total. The van der Waals surface area contributed by atoms with Gasteiger partial charge >= 0.3 is 0 Å². The summed E-state index contributed by atoms with van der Waals surface area (Å²) in [5.41, 5.74) is 2.22. The zero-order valence-electron chi connectivity index (χ0n) is 12.2. The Bertz CT molecular complexity index is 584. The summed E-state index contributed by atoms with van der Waals surface area (Å²) in [7, 11) is 0. The molecule has 0 saturated heterocycles. The van der Waals surface area contributed by atoms with E-state index in [4.69, 9.17) is 0 Å². The van der Waals surface area contributed by atoms with E-state index in [0.29, 0.717) is 6.54 Å². The van der Waals surface area contributed by atoms with Gasteiger partial charge in [-0.15, -0.1) is 0 Å². The first-order chi connectivity index (χ1) is 10.1. The number of likely N-dealkylation sites (N-methyl/N-ethyl adjacent to an activating group) is 1. The van der Waals surface area contributed by atoms with E-state index in [0.717, 1.165) is 11.1 Å². The van der Waals surface area contributed by atoms with Crippen LogP contribution in [0.25, 0.3) is 0 Å². The fourth-order valence-corrected chi connectivity index (χ4v) is 2.03. The van der Waals surface area contributed by atoms with Crippen LogP contribution in [-0.4, -0.2) is 39.0 Å². The molecule has 0 aliphatic heterocycles. The maximum Gasteiger partial charge on any atom is 0.274 e. The van der Waals surface area contributed by atoms with E-state index in [1.165, 1.54) is 18.6 Å². The summed E-state index contributed by atoms with van der Waals surface area (Å²) in [6.45, 7) is 4.59. The number of rotatable bonds is 5. The Labute approximate surface area is 124 Å². The van der Waals surface area contributed by atoms with Gasteiger partial charge in [0.2, 0.25) is 0 Å². The average Bonchev–Trinajstić information content (AvgIpc) is 2.53. The molecule has 1 atom stereocenters. The molecule has 110 valence electrons. The number of aryl methyl sites for hydroxylation is 1. The van der Waals surface area contributed by atoms with Gasteiger partial charge < -0.3 is 10.0 Å². The van der Waals surface area contributed by atoms with E-state index in [2.05, 4.69) is 9.97 Å². The van der Waals surface area contributed by atoms with Crippen molar-refractivity contribution in [1.29, 1.82) is 0 Å². The van der Waals surface area contributed by atoms with E-state index in [9.17, 15) is 9.90 Å². The lowest BCUT2D eigenvalue weighted by molar-refractivity contribution is 0.0629. The number of hydrogen-bond donors (Lipinski definition) is 1. The topological polar surface area (TPSA) is 66.3 Å². The van der Waals surface area contributed by atoms with Gasteiger partial charge in [0.1, 0.15) is 5.69 Å². The van der Waals surface area contributed by atoms with Crippen LogP contribution in [0.2, 0.25) is 0 Å². The van der Waals surface area contributed by atoms with Gasteiger partial charge in [-0.3, -0.25) is 9.78 Å². The molecule has 2 rings (SSSR count). The van der Waals surface area contributed by atoms with Crippen LogP contribution < -0.4 is 0 Å². The molecule has 0 spiro atoms. The molecule has 0 aliphatic rings. The highest BCUT2D eigenvalue weighted by Gasteiger charge is 2.19. The number of aliphatic hydroxyl groups is 1. The van der Waals surface area contributed by atoms with Gasteiger partial charge in [-0.2, -0.15) is 0 Å². The molecule has 1 aromatic carbocycles. The maximum atomic E-state index is 12.3. The van der Waals surface area contributed by atoms with Crippen molar-refractivity contribution in [2.75, 3.05) is 13.1 Å². The van der Waals surface area contributed by atoms with Crippen molar-refractivity contribution in [3.8, 4) is 0 Å². The molecule has 5 heteroatoms. The highest BCUT2D eigenvalue weighted by molar-refractivity contribution is 5.91. The van der Waals surface area contributed by atoms with Crippen molar-refractivity contribution in [2.24, 2.45) is 0 Å². The molecule has 1 amide bonds. The van der Waals surface area contributed by atoms with E-state index in [-0.39, 0.29) is 18.1 Å². The fourth-order valence-electron chi connectivity index (χ4n) is 2.03. The Morgan fingerprint density at radius 1 is 1.29 bits per heavy atom. The second kappa shape index (κ2) is 6.95. The highest BCUT2D eigenvalue weighted by atomic mass is 16.3. The Morgan fingerprint density at radius 3 is 2.57 bits per heavy atom. The summed E-state index contributed by atoms with van der Waals surface area (Å²) in [6.07, 6.45) is 3.72. The Hall–Kier alpha value is -2.27. The minimum absolute atomic E-state index is 0.225. The van der Waals surface area contributed by atoms with Crippen molar-refractivity contribution < 1.29 is 9.90 Å². The molecule has 1 N–H and O–H groups in total. The first-order valence-corrected chi connectivity index (χ1v) is 6.91. The number of benzene rings is 1. The minimum Gasteiger partial charge on any atom is -0.387 e. The molecule has 0 aliphatic carbocycles. The van der Waals surface area contributed by atoms with Gasteiger partial charge in [-0.05, 0) is 19.4 Å². The van der Waals surface area contributed by atoms with Crippen molar-refractivity contribution in [2.45, 2.75) is 20.0 Å². The van der Waals surface area contributed by atoms with Crippen molar-refractivity contribution in [1.82, 2.24) is 14.9 Å². The number of carbonyl (C=O) groups excluding carboxylic acids is 1. The van der Waals surface area contributed by atoms with Crippen LogP contribution in [0.4, 0.5) is 0 Å². The zero-order valence-corrected chi connectivity index (χ0v) is 12.2. The Kier molecular flexibility index (Phi) is 5.00. The smallest absolute Gasteiger partial charge is 0.274 e. The van der Waals surface area contributed by atoms with E-state index in [1.807, 2.05) is 38.1 Å². The molecule has 1 aromatic heterocycles. The molecule has 0 saturated carbocycles. The summed E-state index contributed by atoms with van der Waals surface area (Å²) < 4.78 is 0. The van der Waals surface area contributed by atoms with Crippen molar-refractivity contribution in [3.63, 3.8) is 0 Å². The zero-order chi connectivity index (χ0) is 15.2. The van der Waals surface area contributed by atoms with Crippen LogP contribution in [0.5, 0.6) is 0 Å². The van der Waals surface area contributed by atoms with Gasteiger partial charge in [0.05, 0.1) is 18.8 Å². The van der Waals surface area contributed by atoms with E-state index < -0.39 is 6.10 Å². The predicted molar refractivity (Wildman–Crippen MR) is 79.7 cm³/mol. The van der Waals surface area contributed by atoms with Crippen molar-refractivity contribution >= 4 is 5.91 Å². The third-order valence-corrected chi connectivity index (χ3v) is 3.31. The molecule has 0 radical (unpaired) electrons. The second-order valence-corrected chi connectivity index (χ2v) is 4.86. The number of nitrogens with zero attached hydrogens (tertiary/aromatic N) is 3. The molecule has 0 fully saturated rings. The van der Waals surface area contributed by atoms with Crippen LogP contribution in [0.1, 0.15) is 34.6 Å². The first-order valence-electron chi connectivity index (χ1n) is 6.91. The van der Waals surface area contributed by atoms with Gasteiger partial charge in [0, 0.05) is 18.9 Å². The largest absolute Gasteiger partial charge is 0.387 e. The predicted octanol–water partition coefficient (Wildman–Crippen LogP) is 1.98. The summed E-state index contributed by atoms with van der Waals surface area (Å²) >= 11 is 0. The number of amides is 1. The van der Waals surface area contributed by atoms with Gasteiger partial charge in [-0.1, -0.05) is 29.8 Å². The molecule has 1 heterocycles. The maximum absolute atomic E-state index is 12.3. The van der Waals surface area contributed by atoms with Crippen LogP contribution in [0.15, 0.2) is 42.9 Å². The Balaban J connectivity index is 2.08. The summed E-state index contributed by atoms with van der Waals surface area (Å²) in [4.78, 5) is 21.8. The fraction of sp³-hybridized carbons (Fsp3) is 0.312. The normalized spacial score (nSPS) is 12.0. The van der Waals surface area contributed by atoms with Gasteiger partial charge in [0.15, 0.2) is 0 Å². The number of carbonyl (C=O) groups is 1. The number of hydrogen-bond acceptors (Lipinski definition) is 4. The van der Waals surface area contributed by atoms with E-state index in [1.54, 1.807) is 4.90 Å². The SMILES string of the molecule is CCN(CC(O)c1ccc(C)cc1)C(=O)c1cnccn1. The number of aromatic nitrogens is 2. The quantitative estimate of drug-likeness (QED) is 0.912. The van der Waals surface area contributed by atoms with Gasteiger partial charge in [-0.25, -0.2) is 4.98 Å². The van der Waals surface area contributed by atoms with Crippen LogP contribution in [-0.2, 0) is 0 Å². The first kappa shape index (κ1) is 15.1. The lowest BCUT2D eigenvalue weighted by Crippen LogP contribution is -2.35. The Morgan fingerprint density at radius 2 is 2.00 bits per heavy atom. The minimum atomic E-state index is -0.717. The summed E-state index contributed by atoms with van der Waals surface area (Å²) in [5.74, 6) is -0.225. The van der Waals surface area contributed by atoms with E-state index >= 15 is 0 Å². The molecular weight excluding hydrogens is 266 g/mol. The van der Waals surface area contributed by atoms with Crippen LogP contribution in [0, 0.1) is 6.92 Å². The third-order valence-electron chi connectivity index (χ3n) is 3.31. The molecule has 0 bridgehead atoms. The molecule has 1 unspecified atom stereocenters. The monoisotopic (exact) mass is 285 g/mol. The summed E-state index contributed by atoms with van der Waals surface area (Å²) in [5, 5.41) is 10.3. The molecule has 2 aromatic rings. The standard InChI is InChI=1S/C16H19N3O2/c1-3-19(16(21)14-10-17-8-9-18-14)11-15(20)13-6-4-12(2)5-7-13/h4-10,15,20H,3,11H2,1-2H3.